The number of carbonyl (C=O) groups excluding carboxylic acids is 1. The Kier molecular flexibility index (Phi) is 6.85. The smallest absolute Gasteiger partial charge is 0.475 e. The third-order valence-electron chi connectivity index (χ3n) is 5.30. The number of para-hydroxylation sites is 2. The SMILES string of the molecule is Cc1cnn(C2CCCC2)c1NC(=O)Cn1c(C)nc2ccccc21.O=C(O)C(F)(F)F. The lowest BCUT2D eigenvalue weighted by molar-refractivity contribution is -0.192. The minimum atomic E-state index is -5.08. The number of amides is 1. The molecule has 2 aromatic heterocycles. The molecule has 0 unspecified atom stereocenters. The van der Waals surface area contributed by atoms with Crippen LogP contribution in [0.15, 0.2) is 30.5 Å². The fourth-order valence-electron chi connectivity index (χ4n) is 3.74. The molecule has 11 heteroatoms. The molecule has 1 aromatic carbocycles. The molecule has 1 fully saturated rings. The van der Waals surface area contributed by atoms with Crippen molar-refractivity contribution in [3.05, 3.63) is 41.9 Å². The highest BCUT2D eigenvalue weighted by Gasteiger charge is 2.38. The third kappa shape index (κ3) is 5.27. The summed E-state index contributed by atoms with van der Waals surface area (Å²) in [5.74, 6) is -1.13. The summed E-state index contributed by atoms with van der Waals surface area (Å²) in [6.07, 6.45) is 1.49. The number of alkyl halides is 3. The molecular weight excluding hydrogens is 427 g/mol. The number of aliphatic carboxylic acids is 1. The van der Waals surface area contributed by atoms with Gasteiger partial charge in [-0.25, -0.2) is 14.5 Å². The molecule has 3 aromatic rings. The minimum absolute atomic E-state index is 0.0471. The Bertz CT molecular complexity index is 1110. The molecule has 0 radical (unpaired) electrons. The van der Waals surface area contributed by atoms with E-state index in [1.165, 1.54) is 12.8 Å². The van der Waals surface area contributed by atoms with Gasteiger partial charge in [-0.1, -0.05) is 25.0 Å². The zero-order valence-electron chi connectivity index (χ0n) is 17.7. The van der Waals surface area contributed by atoms with Crippen LogP contribution < -0.4 is 5.32 Å². The zero-order valence-corrected chi connectivity index (χ0v) is 17.7. The van der Waals surface area contributed by atoms with Gasteiger partial charge in [0, 0.05) is 5.56 Å². The second-order valence-electron chi connectivity index (χ2n) is 7.64. The highest BCUT2D eigenvalue weighted by atomic mass is 19.4. The van der Waals surface area contributed by atoms with Gasteiger partial charge in [-0.05, 0) is 38.8 Å². The van der Waals surface area contributed by atoms with Crippen molar-refractivity contribution >= 4 is 28.7 Å². The number of anilines is 1. The topological polar surface area (TPSA) is 102 Å². The monoisotopic (exact) mass is 451 g/mol. The number of aryl methyl sites for hydroxylation is 2. The quantitative estimate of drug-likeness (QED) is 0.618. The molecule has 0 saturated heterocycles. The standard InChI is InChI=1S/C19H23N5O.C2HF3O2/c1-13-11-20-24(15-7-3-4-8-15)19(13)22-18(25)12-23-14(2)21-16-9-5-6-10-17(16)23;3-2(4,5)1(6)7/h5-6,9-11,15H,3-4,7-8,12H2,1-2H3,(H,22,25);(H,6,7). The average Bonchev–Trinajstić information content (AvgIpc) is 3.43. The molecule has 0 aliphatic heterocycles. The van der Waals surface area contributed by atoms with Gasteiger partial charge in [-0.3, -0.25) is 4.79 Å². The largest absolute Gasteiger partial charge is 0.490 e. The van der Waals surface area contributed by atoms with Crippen LogP contribution >= 0.6 is 0 Å². The molecule has 1 amide bonds. The van der Waals surface area contributed by atoms with Crippen molar-refractivity contribution in [3.8, 4) is 0 Å². The van der Waals surface area contributed by atoms with Gasteiger partial charge in [0.05, 0.1) is 23.3 Å². The van der Waals surface area contributed by atoms with Crippen molar-refractivity contribution in [2.24, 2.45) is 0 Å². The molecule has 32 heavy (non-hydrogen) atoms. The minimum Gasteiger partial charge on any atom is -0.475 e. The summed E-state index contributed by atoms with van der Waals surface area (Å²) < 4.78 is 35.7. The predicted molar refractivity (Wildman–Crippen MR) is 111 cm³/mol. The van der Waals surface area contributed by atoms with E-state index in [9.17, 15) is 18.0 Å². The maximum atomic E-state index is 12.7. The summed E-state index contributed by atoms with van der Waals surface area (Å²) in [5.41, 5.74) is 2.91. The molecule has 4 rings (SSSR count). The molecule has 1 saturated carbocycles. The van der Waals surface area contributed by atoms with E-state index in [1.54, 1.807) is 0 Å². The van der Waals surface area contributed by atoms with Gasteiger partial charge in [0.1, 0.15) is 18.2 Å². The number of nitrogens with zero attached hydrogens (tertiary/aromatic N) is 4. The number of fused-ring (bicyclic) bond motifs is 1. The number of imidazole rings is 1. The van der Waals surface area contributed by atoms with E-state index in [4.69, 9.17) is 9.90 Å². The van der Waals surface area contributed by atoms with E-state index in [1.807, 2.05) is 53.6 Å². The van der Waals surface area contributed by atoms with E-state index in [-0.39, 0.29) is 12.5 Å². The van der Waals surface area contributed by atoms with E-state index in [2.05, 4.69) is 15.4 Å². The first kappa shape index (κ1) is 23.3. The lowest BCUT2D eigenvalue weighted by Gasteiger charge is -2.16. The summed E-state index contributed by atoms with van der Waals surface area (Å²) in [6, 6.07) is 8.30. The summed E-state index contributed by atoms with van der Waals surface area (Å²) in [5, 5.41) is 14.7. The molecule has 0 bridgehead atoms. The van der Waals surface area contributed by atoms with E-state index >= 15 is 0 Å². The number of benzene rings is 1. The van der Waals surface area contributed by atoms with Crippen LogP contribution in [-0.2, 0) is 16.1 Å². The molecule has 0 spiro atoms. The molecular formula is C21H24F3N5O3. The summed E-state index contributed by atoms with van der Waals surface area (Å²) in [7, 11) is 0. The van der Waals surface area contributed by atoms with Gasteiger partial charge < -0.3 is 15.0 Å². The molecule has 172 valence electrons. The molecule has 1 aliphatic carbocycles. The van der Waals surface area contributed by atoms with Crippen molar-refractivity contribution in [1.29, 1.82) is 0 Å². The van der Waals surface area contributed by atoms with E-state index in [0.717, 1.165) is 41.1 Å². The predicted octanol–water partition coefficient (Wildman–Crippen LogP) is 4.24. The van der Waals surface area contributed by atoms with Crippen LogP contribution in [0.25, 0.3) is 11.0 Å². The Morgan fingerprint density at radius 1 is 1.19 bits per heavy atom. The van der Waals surface area contributed by atoms with Crippen molar-refractivity contribution in [3.63, 3.8) is 0 Å². The van der Waals surface area contributed by atoms with Crippen LogP contribution in [-0.4, -0.2) is 42.5 Å². The molecule has 0 atom stereocenters. The zero-order chi connectivity index (χ0) is 23.5. The summed E-state index contributed by atoms with van der Waals surface area (Å²) in [4.78, 5) is 26.1. The number of hydrogen-bond acceptors (Lipinski definition) is 4. The van der Waals surface area contributed by atoms with Gasteiger partial charge in [0.2, 0.25) is 5.91 Å². The van der Waals surface area contributed by atoms with Crippen molar-refractivity contribution < 1.29 is 27.9 Å². The average molecular weight is 451 g/mol. The maximum absolute atomic E-state index is 12.7. The lowest BCUT2D eigenvalue weighted by atomic mass is 10.2. The van der Waals surface area contributed by atoms with E-state index in [0.29, 0.717) is 6.04 Å². The van der Waals surface area contributed by atoms with Gasteiger partial charge in [0.25, 0.3) is 0 Å². The van der Waals surface area contributed by atoms with Gasteiger partial charge in [0.15, 0.2) is 0 Å². The normalized spacial score (nSPS) is 14.3. The first-order valence-electron chi connectivity index (χ1n) is 10.1. The van der Waals surface area contributed by atoms with E-state index < -0.39 is 12.1 Å². The first-order valence-corrected chi connectivity index (χ1v) is 10.1. The van der Waals surface area contributed by atoms with Crippen molar-refractivity contribution in [2.45, 2.75) is 58.3 Å². The maximum Gasteiger partial charge on any atom is 0.490 e. The second kappa shape index (κ2) is 9.41. The Balaban J connectivity index is 0.000000360. The van der Waals surface area contributed by atoms with Crippen LogP contribution in [0.3, 0.4) is 0 Å². The summed E-state index contributed by atoms with van der Waals surface area (Å²) >= 11 is 0. The molecule has 1 aliphatic rings. The summed E-state index contributed by atoms with van der Waals surface area (Å²) in [6.45, 7) is 4.18. The number of carboxylic acids is 1. The third-order valence-corrected chi connectivity index (χ3v) is 5.30. The van der Waals surface area contributed by atoms with Crippen LogP contribution in [0.4, 0.5) is 19.0 Å². The Morgan fingerprint density at radius 3 is 2.44 bits per heavy atom. The van der Waals surface area contributed by atoms with Crippen LogP contribution in [0, 0.1) is 13.8 Å². The fraction of sp³-hybridized carbons (Fsp3) is 0.429. The van der Waals surface area contributed by atoms with Crippen LogP contribution in [0.1, 0.15) is 43.1 Å². The number of rotatable bonds is 4. The molecule has 2 heterocycles. The van der Waals surface area contributed by atoms with Gasteiger partial charge >= 0.3 is 12.1 Å². The Morgan fingerprint density at radius 2 is 1.81 bits per heavy atom. The number of carbonyl (C=O) groups is 2. The van der Waals surface area contributed by atoms with Crippen molar-refractivity contribution in [2.75, 3.05) is 5.32 Å². The van der Waals surface area contributed by atoms with Crippen LogP contribution in [0.2, 0.25) is 0 Å². The van der Waals surface area contributed by atoms with Gasteiger partial charge in [-0.15, -0.1) is 0 Å². The van der Waals surface area contributed by atoms with Gasteiger partial charge in [-0.2, -0.15) is 18.3 Å². The lowest BCUT2D eigenvalue weighted by Crippen LogP contribution is -2.22. The molecule has 8 nitrogen and oxygen atoms in total. The van der Waals surface area contributed by atoms with Crippen LogP contribution in [0.5, 0.6) is 0 Å². The Hall–Kier alpha value is -3.37. The Labute approximate surface area is 182 Å². The number of carboxylic acid groups (broad SMARTS) is 1. The fourth-order valence-corrected chi connectivity index (χ4v) is 3.74. The highest BCUT2D eigenvalue weighted by Crippen LogP contribution is 2.32. The second-order valence-corrected chi connectivity index (χ2v) is 7.64. The first-order chi connectivity index (χ1) is 15.1. The number of aromatic nitrogens is 4. The van der Waals surface area contributed by atoms with Crippen molar-refractivity contribution in [1.82, 2.24) is 19.3 Å². The number of nitrogens with one attached hydrogen (secondary N) is 1. The number of halogens is 3. The highest BCUT2D eigenvalue weighted by molar-refractivity contribution is 5.91. The molecule has 2 N–H and O–H groups in total. The number of hydrogen-bond donors (Lipinski definition) is 2.